The van der Waals surface area contributed by atoms with Crippen molar-refractivity contribution in [1.29, 1.82) is 0 Å². The van der Waals surface area contributed by atoms with Gasteiger partial charge in [-0.05, 0) is 25.0 Å². The van der Waals surface area contributed by atoms with Gasteiger partial charge in [0.1, 0.15) is 11.5 Å². The minimum Gasteiger partial charge on any atom is -0.495 e. The molecular formula is C10H10ClF3O2. The first kappa shape index (κ1) is 13.0. The summed E-state index contributed by atoms with van der Waals surface area (Å²) in [6.07, 6.45) is -4.73. The van der Waals surface area contributed by atoms with Crippen LogP contribution in [0.2, 0.25) is 5.02 Å². The minimum atomic E-state index is -4.73. The zero-order chi connectivity index (χ0) is 12.5. The van der Waals surface area contributed by atoms with Crippen LogP contribution in [0.5, 0.6) is 11.5 Å². The second kappa shape index (κ2) is 4.41. The summed E-state index contributed by atoms with van der Waals surface area (Å²) in [6, 6.07) is 1.12. The average Bonchev–Trinajstić information content (AvgIpc) is 2.17. The molecule has 1 aromatic rings. The van der Waals surface area contributed by atoms with E-state index in [1.165, 1.54) is 14.0 Å². The molecule has 0 bridgehead atoms. The third-order valence-corrected chi connectivity index (χ3v) is 2.66. The molecule has 0 heterocycles. The second-order valence-corrected chi connectivity index (χ2v) is 3.57. The normalized spacial score (nSPS) is 11.4. The number of rotatable bonds is 2. The lowest BCUT2D eigenvalue weighted by atomic mass is 10.1. The molecule has 2 nitrogen and oxygen atoms in total. The molecule has 0 aliphatic rings. The summed E-state index contributed by atoms with van der Waals surface area (Å²) in [5.41, 5.74) is 0.836. The van der Waals surface area contributed by atoms with E-state index in [-0.39, 0.29) is 16.5 Å². The van der Waals surface area contributed by atoms with Crippen LogP contribution in [-0.2, 0) is 0 Å². The Hall–Kier alpha value is -1.10. The molecule has 0 saturated heterocycles. The summed E-state index contributed by atoms with van der Waals surface area (Å²) in [5.74, 6) is -0.143. The summed E-state index contributed by atoms with van der Waals surface area (Å²) in [5, 5.41) is 0.287. The summed E-state index contributed by atoms with van der Waals surface area (Å²) in [4.78, 5) is 0. The fraction of sp³-hybridized carbons (Fsp3) is 0.400. The van der Waals surface area contributed by atoms with E-state index in [2.05, 4.69) is 4.74 Å². The number of ether oxygens (including phenoxy) is 2. The van der Waals surface area contributed by atoms with E-state index in [4.69, 9.17) is 16.3 Å². The lowest BCUT2D eigenvalue weighted by molar-refractivity contribution is -0.274. The monoisotopic (exact) mass is 254 g/mol. The van der Waals surface area contributed by atoms with Crippen molar-refractivity contribution in [3.8, 4) is 11.5 Å². The van der Waals surface area contributed by atoms with E-state index in [0.717, 1.165) is 6.07 Å². The number of halogens is 4. The molecule has 90 valence electrons. The Morgan fingerprint density at radius 1 is 1.12 bits per heavy atom. The number of methoxy groups -OCH3 is 1. The van der Waals surface area contributed by atoms with Gasteiger partial charge in [-0.1, -0.05) is 11.6 Å². The van der Waals surface area contributed by atoms with Crippen LogP contribution in [-0.4, -0.2) is 13.5 Å². The van der Waals surface area contributed by atoms with Crippen molar-refractivity contribution in [2.45, 2.75) is 20.2 Å². The highest BCUT2D eigenvalue weighted by Crippen LogP contribution is 2.38. The first-order valence-corrected chi connectivity index (χ1v) is 4.73. The van der Waals surface area contributed by atoms with Crippen LogP contribution < -0.4 is 9.47 Å². The second-order valence-electron chi connectivity index (χ2n) is 3.19. The highest BCUT2D eigenvalue weighted by atomic mass is 35.5. The van der Waals surface area contributed by atoms with Crippen LogP contribution in [0, 0.1) is 13.8 Å². The number of alkyl halides is 3. The van der Waals surface area contributed by atoms with Gasteiger partial charge in [0.2, 0.25) is 0 Å². The van der Waals surface area contributed by atoms with Crippen molar-refractivity contribution in [3.05, 3.63) is 22.2 Å². The molecule has 6 heteroatoms. The van der Waals surface area contributed by atoms with E-state index in [1.54, 1.807) is 6.92 Å². The Morgan fingerprint density at radius 2 is 1.69 bits per heavy atom. The van der Waals surface area contributed by atoms with E-state index in [0.29, 0.717) is 11.1 Å². The Morgan fingerprint density at radius 3 is 2.12 bits per heavy atom. The SMILES string of the molecule is COc1cc(OC(F)(F)F)c(C)c(C)c1Cl. The Labute approximate surface area is 95.9 Å². The predicted molar refractivity (Wildman–Crippen MR) is 54.2 cm³/mol. The molecule has 16 heavy (non-hydrogen) atoms. The number of hydrogen-bond acceptors (Lipinski definition) is 2. The van der Waals surface area contributed by atoms with Crippen LogP contribution in [0.25, 0.3) is 0 Å². The fourth-order valence-corrected chi connectivity index (χ4v) is 1.48. The van der Waals surface area contributed by atoms with Gasteiger partial charge in [0.05, 0.1) is 12.1 Å². The summed E-state index contributed by atoms with van der Waals surface area (Å²) in [7, 11) is 1.33. The standard InChI is InChI=1S/C10H10ClF3O2/c1-5-6(2)9(11)8(15-3)4-7(5)16-10(12,13)14/h4H,1-3H3. The van der Waals surface area contributed by atoms with Gasteiger partial charge in [-0.15, -0.1) is 13.2 Å². The van der Waals surface area contributed by atoms with Gasteiger partial charge in [-0.25, -0.2) is 0 Å². The molecule has 1 aromatic carbocycles. The van der Waals surface area contributed by atoms with Crippen molar-refractivity contribution in [2.24, 2.45) is 0 Å². The Kier molecular flexibility index (Phi) is 3.57. The lowest BCUT2D eigenvalue weighted by Gasteiger charge is -2.15. The van der Waals surface area contributed by atoms with E-state index in [1.807, 2.05) is 0 Å². The molecule has 0 aromatic heterocycles. The zero-order valence-corrected chi connectivity index (χ0v) is 9.66. The largest absolute Gasteiger partial charge is 0.573 e. The third-order valence-electron chi connectivity index (χ3n) is 2.19. The van der Waals surface area contributed by atoms with E-state index >= 15 is 0 Å². The molecule has 0 saturated carbocycles. The van der Waals surface area contributed by atoms with Crippen LogP contribution in [0.4, 0.5) is 13.2 Å². The maximum Gasteiger partial charge on any atom is 0.573 e. The molecule has 0 radical (unpaired) electrons. The predicted octanol–water partition coefficient (Wildman–Crippen LogP) is 3.86. The number of benzene rings is 1. The van der Waals surface area contributed by atoms with Crippen molar-refractivity contribution in [3.63, 3.8) is 0 Å². The average molecular weight is 255 g/mol. The fourth-order valence-electron chi connectivity index (χ4n) is 1.20. The quantitative estimate of drug-likeness (QED) is 0.798. The molecule has 0 atom stereocenters. The maximum atomic E-state index is 12.1. The van der Waals surface area contributed by atoms with Crippen LogP contribution in [0.1, 0.15) is 11.1 Å². The summed E-state index contributed by atoms with van der Waals surface area (Å²) >= 11 is 5.88. The highest BCUT2D eigenvalue weighted by Gasteiger charge is 2.32. The Balaban J connectivity index is 3.25. The third kappa shape index (κ3) is 2.72. The molecule has 0 spiro atoms. The van der Waals surface area contributed by atoms with Gasteiger partial charge in [0.15, 0.2) is 0 Å². The molecule has 0 aliphatic heterocycles. The van der Waals surface area contributed by atoms with Crippen molar-refractivity contribution in [1.82, 2.24) is 0 Å². The van der Waals surface area contributed by atoms with E-state index in [9.17, 15) is 13.2 Å². The topological polar surface area (TPSA) is 18.5 Å². The molecule has 0 aliphatic carbocycles. The summed E-state index contributed by atoms with van der Waals surface area (Å²) in [6.45, 7) is 3.10. The maximum absolute atomic E-state index is 12.1. The number of hydrogen-bond donors (Lipinski definition) is 0. The van der Waals surface area contributed by atoms with Crippen molar-refractivity contribution < 1.29 is 22.6 Å². The van der Waals surface area contributed by atoms with Crippen LogP contribution in [0.15, 0.2) is 6.07 Å². The van der Waals surface area contributed by atoms with E-state index < -0.39 is 6.36 Å². The van der Waals surface area contributed by atoms with Gasteiger partial charge in [-0.3, -0.25) is 0 Å². The first-order valence-electron chi connectivity index (χ1n) is 4.35. The van der Waals surface area contributed by atoms with Gasteiger partial charge < -0.3 is 9.47 Å². The molecule has 0 unspecified atom stereocenters. The summed E-state index contributed by atoms with van der Waals surface area (Å²) < 4.78 is 45.0. The Bertz CT molecular complexity index is 402. The van der Waals surface area contributed by atoms with Gasteiger partial charge in [0, 0.05) is 6.07 Å². The minimum absolute atomic E-state index is 0.156. The lowest BCUT2D eigenvalue weighted by Crippen LogP contribution is -2.18. The van der Waals surface area contributed by atoms with Gasteiger partial charge in [-0.2, -0.15) is 0 Å². The van der Waals surface area contributed by atoms with Gasteiger partial charge >= 0.3 is 6.36 Å². The van der Waals surface area contributed by atoms with Gasteiger partial charge in [0.25, 0.3) is 0 Å². The smallest absolute Gasteiger partial charge is 0.495 e. The zero-order valence-electron chi connectivity index (χ0n) is 8.91. The molecule has 1 rings (SSSR count). The first-order chi connectivity index (χ1) is 7.26. The molecule has 0 fully saturated rings. The van der Waals surface area contributed by atoms with Crippen LogP contribution in [0.3, 0.4) is 0 Å². The van der Waals surface area contributed by atoms with Crippen molar-refractivity contribution in [2.75, 3.05) is 7.11 Å². The van der Waals surface area contributed by atoms with Crippen molar-refractivity contribution >= 4 is 11.6 Å². The molecule has 0 N–H and O–H groups in total. The van der Waals surface area contributed by atoms with Crippen LogP contribution >= 0.6 is 11.6 Å². The highest BCUT2D eigenvalue weighted by molar-refractivity contribution is 6.33. The molecular weight excluding hydrogens is 245 g/mol. The molecule has 0 amide bonds.